The van der Waals surface area contributed by atoms with Gasteiger partial charge in [0.25, 0.3) is 5.91 Å². The normalized spacial score (nSPS) is 31.6. The van der Waals surface area contributed by atoms with Gasteiger partial charge < -0.3 is 19.9 Å². The molecular weight excluding hydrogens is 480 g/mol. The molecule has 3 aliphatic carbocycles. The topological polar surface area (TPSA) is 174 Å². The number of amides is 1. The lowest BCUT2D eigenvalue weighted by Gasteiger charge is -2.49. The lowest BCUT2D eigenvalue weighted by molar-refractivity contribution is 0.0406. The number of oxazole rings is 1. The molecule has 2 saturated carbocycles. The van der Waals surface area contributed by atoms with Gasteiger partial charge in [0, 0.05) is 18.0 Å². The van der Waals surface area contributed by atoms with Crippen LogP contribution in [0.2, 0.25) is 5.02 Å². The fourth-order valence-corrected chi connectivity index (χ4v) is 6.67. The minimum Gasteiger partial charge on any atom is -0.441 e. The van der Waals surface area contributed by atoms with E-state index in [-0.39, 0.29) is 16.1 Å². The fourth-order valence-electron chi connectivity index (χ4n) is 4.91. The molecule has 0 aromatic carbocycles. The van der Waals surface area contributed by atoms with Crippen LogP contribution >= 0.6 is 11.6 Å². The summed E-state index contributed by atoms with van der Waals surface area (Å²) in [5.74, 6) is 5.83. The highest BCUT2D eigenvalue weighted by atomic mass is 35.5. The summed E-state index contributed by atoms with van der Waals surface area (Å²) in [5, 5.41) is 2.97. The predicted octanol–water partition coefficient (Wildman–Crippen LogP) is 2.46. The molecule has 1 spiro atoms. The van der Waals surface area contributed by atoms with Crippen molar-refractivity contribution < 1.29 is 17.8 Å². The monoisotopic (exact) mass is 500 g/mol. The number of furan rings is 1. The van der Waals surface area contributed by atoms with Crippen molar-refractivity contribution in [3.05, 3.63) is 41.1 Å². The number of fused-ring (bicyclic) bond motifs is 1. The van der Waals surface area contributed by atoms with Crippen LogP contribution in [0.15, 0.2) is 38.3 Å². The summed E-state index contributed by atoms with van der Waals surface area (Å²) in [6.45, 7) is 0. The molecule has 176 valence electrons. The van der Waals surface area contributed by atoms with Crippen LogP contribution in [0.1, 0.15) is 48.5 Å². The highest BCUT2D eigenvalue weighted by Crippen LogP contribution is 2.57. The zero-order chi connectivity index (χ0) is 23.9. The van der Waals surface area contributed by atoms with Gasteiger partial charge in [0.2, 0.25) is 11.6 Å². The van der Waals surface area contributed by atoms with Crippen LogP contribution in [0.25, 0.3) is 11.2 Å². The Labute approximate surface area is 199 Å². The van der Waals surface area contributed by atoms with Crippen molar-refractivity contribution in [3.63, 3.8) is 0 Å². The second-order valence-corrected chi connectivity index (χ2v) is 12.3. The molecule has 1 unspecified atom stereocenters. The van der Waals surface area contributed by atoms with Gasteiger partial charge in [-0.05, 0) is 43.9 Å². The predicted molar refractivity (Wildman–Crippen MR) is 122 cm³/mol. The number of rotatable bonds is 5. The van der Waals surface area contributed by atoms with Gasteiger partial charge in [-0.25, -0.2) is 19.0 Å². The maximum atomic E-state index is 12.8. The molecule has 34 heavy (non-hydrogen) atoms. The van der Waals surface area contributed by atoms with Crippen molar-refractivity contribution in [2.75, 3.05) is 0 Å². The summed E-state index contributed by atoms with van der Waals surface area (Å²) in [6, 6.07) is 4.49. The van der Waals surface area contributed by atoms with Gasteiger partial charge in [-0.2, -0.15) is 0 Å². The van der Waals surface area contributed by atoms with E-state index in [1.165, 1.54) is 18.3 Å². The Morgan fingerprint density at radius 3 is 2.74 bits per heavy atom. The van der Waals surface area contributed by atoms with Crippen LogP contribution < -0.4 is 16.8 Å². The van der Waals surface area contributed by atoms with Crippen LogP contribution in [0.4, 0.5) is 0 Å². The van der Waals surface area contributed by atoms with Gasteiger partial charge in [-0.15, -0.1) is 0 Å². The number of hydrogen-bond donors (Lipinski definition) is 4. The van der Waals surface area contributed by atoms with E-state index in [1.807, 2.05) is 0 Å². The van der Waals surface area contributed by atoms with Gasteiger partial charge in [-0.3, -0.25) is 10.5 Å². The quantitative estimate of drug-likeness (QED) is 0.305. The summed E-state index contributed by atoms with van der Waals surface area (Å²) in [4.78, 5) is 21.3. The number of carbonyl (C=O) groups is 1. The second-order valence-electron chi connectivity index (χ2n) is 9.56. The Hall–Kier alpha value is -2.91. The van der Waals surface area contributed by atoms with Crippen molar-refractivity contribution in [2.24, 2.45) is 16.9 Å². The Bertz CT molecular complexity index is 1520. The van der Waals surface area contributed by atoms with Crippen molar-refractivity contribution in [1.29, 1.82) is 4.78 Å². The number of carbonyl (C=O) groups excluding carboxylic acids is 1. The molecule has 6 N–H and O–H groups in total. The van der Waals surface area contributed by atoms with Crippen LogP contribution in [-0.2, 0) is 15.3 Å². The van der Waals surface area contributed by atoms with Gasteiger partial charge in [0.1, 0.15) is 15.2 Å². The molecule has 3 heterocycles. The number of halogens is 1. The van der Waals surface area contributed by atoms with Gasteiger partial charge in [0.05, 0.1) is 15.8 Å². The Morgan fingerprint density at radius 1 is 1.24 bits per heavy atom. The first-order valence-electron chi connectivity index (χ1n) is 10.7. The molecule has 2 fully saturated rings. The molecule has 2 atom stereocenters. The molecule has 3 aliphatic rings. The standard InChI is InChI=1S/C22H21ClN6O4S/c23-12-7-14-18(27-8-12)33-19(28-14)21(24)9-20(10-21)5-6-22(25,11-20)29-17(30)15-3-4-16(32-15)34(26,31)13-1-2-13/h3-4,7-8,13,26H,1-2,9-11,24-25H2,(H,29,30)/t20-,21+,22-,34?/m0/s1. The maximum absolute atomic E-state index is 12.8. The molecular formula is C22H21ClN6O4S. The SMILES string of the molecule is N=S(=O)(c1ccc(C(=O)N[C@@]2(N)C#C[C@]3(C2)C[C@](N)(c2nc4cc(Cl)cnc4o2)C3)o1)C1CC1. The van der Waals surface area contributed by atoms with Crippen molar-refractivity contribution in [2.45, 2.75) is 53.6 Å². The van der Waals surface area contributed by atoms with Crippen LogP contribution in [0.3, 0.4) is 0 Å². The third kappa shape index (κ3) is 3.41. The number of pyridine rings is 1. The first-order valence-corrected chi connectivity index (χ1v) is 12.7. The van der Waals surface area contributed by atoms with Crippen LogP contribution in [0.5, 0.6) is 0 Å². The first-order chi connectivity index (χ1) is 16.0. The molecule has 3 aromatic rings. The molecule has 12 heteroatoms. The summed E-state index contributed by atoms with van der Waals surface area (Å²) in [7, 11) is -3.03. The minimum atomic E-state index is -3.03. The van der Waals surface area contributed by atoms with E-state index in [0.717, 1.165) is 12.8 Å². The molecule has 1 amide bonds. The molecule has 6 rings (SSSR count). The maximum Gasteiger partial charge on any atom is 0.289 e. The van der Waals surface area contributed by atoms with E-state index in [9.17, 15) is 9.00 Å². The largest absolute Gasteiger partial charge is 0.441 e. The summed E-state index contributed by atoms with van der Waals surface area (Å²) < 4.78 is 31.8. The van der Waals surface area contributed by atoms with Crippen molar-refractivity contribution in [1.82, 2.24) is 15.3 Å². The zero-order valence-electron chi connectivity index (χ0n) is 17.9. The smallest absolute Gasteiger partial charge is 0.289 e. The Balaban J connectivity index is 1.14. The number of nitrogens with one attached hydrogen (secondary N) is 2. The number of nitrogens with zero attached hydrogens (tertiary/aromatic N) is 2. The second kappa shape index (κ2) is 6.82. The van der Waals surface area contributed by atoms with E-state index in [0.29, 0.717) is 41.4 Å². The lowest BCUT2D eigenvalue weighted by atomic mass is 9.57. The van der Waals surface area contributed by atoms with E-state index >= 15 is 0 Å². The van der Waals surface area contributed by atoms with E-state index < -0.39 is 32.3 Å². The summed E-state index contributed by atoms with van der Waals surface area (Å²) in [5.41, 5.74) is 11.3. The molecule has 0 saturated heterocycles. The first kappa shape index (κ1) is 21.6. The van der Waals surface area contributed by atoms with Gasteiger partial charge in [-0.1, -0.05) is 23.4 Å². The summed E-state index contributed by atoms with van der Waals surface area (Å²) in [6.07, 6.45) is 4.18. The summed E-state index contributed by atoms with van der Waals surface area (Å²) >= 11 is 5.97. The fraction of sp³-hybridized carbons (Fsp3) is 0.409. The van der Waals surface area contributed by atoms with E-state index in [1.54, 1.807) is 6.07 Å². The average Bonchev–Trinajstić information content (AvgIpc) is 3.19. The zero-order valence-corrected chi connectivity index (χ0v) is 19.5. The highest BCUT2D eigenvalue weighted by molar-refractivity contribution is 7.93. The number of hydrogen-bond acceptors (Lipinski definition) is 9. The van der Waals surface area contributed by atoms with E-state index in [2.05, 4.69) is 27.1 Å². The van der Waals surface area contributed by atoms with Gasteiger partial charge in [0.15, 0.2) is 16.5 Å². The Morgan fingerprint density at radius 2 is 2.00 bits per heavy atom. The molecule has 3 aromatic heterocycles. The van der Waals surface area contributed by atoms with Crippen molar-refractivity contribution in [3.8, 4) is 11.8 Å². The number of aromatic nitrogens is 2. The van der Waals surface area contributed by atoms with Crippen LogP contribution in [0, 0.1) is 22.0 Å². The molecule has 0 aliphatic heterocycles. The van der Waals surface area contributed by atoms with Crippen molar-refractivity contribution >= 4 is 38.5 Å². The third-order valence-electron chi connectivity index (χ3n) is 6.55. The Kier molecular flexibility index (Phi) is 4.34. The lowest BCUT2D eigenvalue weighted by Crippen LogP contribution is -2.60. The van der Waals surface area contributed by atoms with Gasteiger partial charge >= 0.3 is 0 Å². The average molecular weight is 501 g/mol. The highest BCUT2D eigenvalue weighted by Gasteiger charge is 2.59. The minimum absolute atomic E-state index is 0.0150. The molecule has 0 radical (unpaired) electrons. The van der Waals surface area contributed by atoms with E-state index in [4.69, 9.17) is 36.7 Å². The molecule has 0 bridgehead atoms. The van der Waals surface area contributed by atoms with Crippen LogP contribution in [-0.4, -0.2) is 31.0 Å². The third-order valence-corrected chi connectivity index (χ3v) is 8.98. The molecule has 10 nitrogen and oxygen atoms in total. The number of nitrogens with two attached hydrogens (primary N) is 2.